The second-order valence-corrected chi connectivity index (χ2v) is 8.63. The minimum atomic E-state index is -0.225. The van der Waals surface area contributed by atoms with Crippen LogP contribution in [0, 0.1) is 0 Å². The third-order valence-corrected chi connectivity index (χ3v) is 6.66. The van der Waals surface area contributed by atoms with Crippen LogP contribution in [0.25, 0.3) is 0 Å². The van der Waals surface area contributed by atoms with E-state index in [1.54, 1.807) is 26.3 Å². The largest absolute Gasteiger partial charge is 0.496 e. The van der Waals surface area contributed by atoms with E-state index < -0.39 is 0 Å². The molecule has 2 aliphatic rings. The zero-order valence-corrected chi connectivity index (χ0v) is 19.9. The van der Waals surface area contributed by atoms with E-state index in [0.717, 1.165) is 42.0 Å². The SMILES string of the molecule is COc1ccc(C2=NN(C(=O)CN3CCCCC3C)C(c3ccccc3OC)C2)cc1OC. The van der Waals surface area contributed by atoms with Gasteiger partial charge in [-0.25, -0.2) is 5.01 Å². The van der Waals surface area contributed by atoms with Crippen LogP contribution in [-0.2, 0) is 4.79 Å². The first-order valence-electron chi connectivity index (χ1n) is 11.5. The van der Waals surface area contributed by atoms with Gasteiger partial charge >= 0.3 is 0 Å². The molecule has 2 aromatic carbocycles. The third kappa shape index (κ3) is 4.83. The monoisotopic (exact) mass is 451 g/mol. The molecule has 33 heavy (non-hydrogen) atoms. The topological polar surface area (TPSA) is 63.6 Å². The summed E-state index contributed by atoms with van der Waals surface area (Å²) in [5, 5.41) is 6.49. The van der Waals surface area contributed by atoms with Gasteiger partial charge in [-0.1, -0.05) is 24.6 Å². The van der Waals surface area contributed by atoms with Gasteiger partial charge in [-0.15, -0.1) is 0 Å². The lowest BCUT2D eigenvalue weighted by Crippen LogP contribution is -2.44. The zero-order chi connectivity index (χ0) is 23.4. The maximum absolute atomic E-state index is 13.5. The number of para-hydroxylation sites is 1. The van der Waals surface area contributed by atoms with Crippen molar-refractivity contribution < 1.29 is 19.0 Å². The standard InChI is InChI=1S/C26H33N3O4/c1-18-9-7-8-14-28(18)17-26(30)29-22(20-10-5-6-11-23(20)31-2)16-21(27-29)19-12-13-24(32-3)25(15-19)33-4/h5-6,10-13,15,18,22H,7-9,14,16-17H2,1-4H3. The van der Waals surface area contributed by atoms with E-state index in [9.17, 15) is 4.79 Å². The molecule has 4 rings (SSSR count). The van der Waals surface area contributed by atoms with Crippen molar-refractivity contribution in [2.45, 2.75) is 44.7 Å². The number of rotatable bonds is 7. The van der Waals surface area contributed by atoms with Crippen LogP contribution in [0.3, 0.4) is 0 Å². The molecule has 2 atom stereocenters. The summed E-state index contributed by atoms with van der Waals surface area (Å²) in [5.74, 6) is 2.07. The summed E-state index contributed by atoms with van der Waals surface area (Å²) in [5.41, 5.74) is 2.71. The number of carbonyl (C=O) groups is 1. The molecule has 2 aromatic rings. The summed E-state index contributed by atoms with van der Waals surface area (Å²) in [7, 11) is 4.89. The van der Waals surface area contributed by atoms with Crippen molar-refractivity contribution in [2.24, 2.45) is 5.10 Å². The molecule has 1 fully saturated rings. The van der Waals surface area contributed by atoms with Gasteiger partial charge in [0, 0.05) is 23.6 Å². The van der Waals surface area contributed by atoms with Crippen LogP contribution in [0.5, 0.6) is 17.2 Å². The lowest BCUT2D eigenvalue weighted by Gasteiger charge is -2.34. The second kappa shape index (κ2) is 10.3. The van der Waals surface area contributed by atoms with Gasteiger partial charge in [0.25, 0.3) is 5.91 Å². The number of amides is 1. The zero-order valence-electron chi connectivity index (χ0n) is 19.9. The molecule has 0 aromatic heterocycles. The Kier molecular flexibility index (Phi) is 7.18. The van der Waals surface area contributed by atoms with Crippen LogP contribution in [0.4, 0.5) is 0 Å². The average Bonchev–Trinajstić information content (AvgIpc) is 3.30. The number of hydrazone groups is 1. The molecule has 0 N–H and O–H groups in total. The molecule has 0 spiro atoms. The fourth-order valence-corrected chi connectivity index (χ4v) is 4.75. The number of ether oxygens (including phenoxy) is 3. The second-order valence-electron chi connectivity index (χ2n) is 8.63. The van der Waals surface area contributed by atoms with E-state index in [1.165, 1.54) is 6.42 Å². The molecule has 7 heteroatoms. The Balaban J connectivity index is 1.67. The van der Waals surface area contributed by atoms with Gasteiger partial charge in [0.2, 0.25) is 0 Å². The molecule has 2 heterocycles. The first-order chi connectivity index (χ1) is 16.0. The summed E-state index contributed by atoms with van der Waals surface area (Å²) in [4.78, 5) is 15.8. The number of piperidine rings is 1. The van der Waals surface area contributed by atoms with Crippen LogP contribution in [0.15, 0.2) is 47.6 Å². The van der Waals surface area contributed by atoms with Crippen molar-refractivity contribution in [1.29, 1.82) is 0 Å². The average molecular weight is 452 g/mol. The lowest BCUT2D eigenvalue weighted by molar-refractivity contribution is -0.135. The first kappa shape index (κ1) is 23.1. The first-order valence-corrected chi connectivity index (χ1v) is 11.5. The highest BCUT2D eigenvalue weighted by Gasteiger charge is 2.36. The molecular weight excluding hydrogens is 418 g/mol. The Morgan fingerprint density at radius 1 is 1.00 bits per heavy atom. The quantitative estimate of drug-likeness (QED) is 0.629. The van der Waals surface area contributed by atoms with Crippen LogP contribution in [0.1, 0.15) is 49.8 Å². The number of methoxy groups -OCH3 is 3. The molecule has 1 saturated heterocycles. The number of hydrogen-bond acceptors (Lipinski definition) is 6. The summed E-state index contributed by atoms with van der Waals surface area (Å²) in [6.07, 6.45) is 4.08. The van der Waals surface area contributed by atoms with E-state index >= 15 is 0 Å². The highest BCUT2D eigenvalue weighted by Crippen LogP contribution is 2.39. The van der Waals surface area contributed by atoms with E-state index in [1.807, 2.05) is 42.5 Å². The van der Waals surface area contributed by atoms with Crippen molar-refractivity contribution >= 4 is 11.6 Å². The molecule has 0 radical (unpaired) electrons. The minimum Gasteiger partial charge on any atom is -0.496 e. The van der Waals surface area contributed by atoms with Crippen LogP contribution < -0.4 is 14.2 Å². The predicted molar refractivity (Wildman–Crippen MR) is 128 cm³/mol. The fourth-order valence-electron chi connectivity index (χ4n) is 4.75. The van der Waals surface area contributed by atoms with Gasteiger partial charge in [-0.2, -0.15) is 5.10 Å². The summed E-state index contributed by atoms with van der Waals surface area (Å²) >= 11 is 0. The summed E-state index contributed by atoms with van der Waals surface area (Å²) in [6.45, 7) is 3.52. The Bertz CT molecular complexity index is 1020. The molecule has 0 bridgehead atoms. The van der Waals surface area contributed by atoms with Crippen molar-refractivity contribution in [1.82, 2.24) is 9.91 Å². The Labute approximate surface area is 195 Å². The minimum absolute atomic E-state index is 0.00938. The van der Waals surface area contributed by atoms with Crippen molar-refractivity contribution in [3.8, 4) is 17.2 Å². The van der Waals surface area contributed by atoms with Crippen LogP contribution >= 0.6 is 0 Å². The Hall–Kier alpha value is -3.06. The normalized spacial score (nSPS) is 21.0. The van der Waals surface area contributed by atoms with Gasteiger partial charge in [0.15, 0.2) is 11.5 Å². The van der Waals surface area contributed by atoms with Gasteiger partial charge in [-0.05, 0) is 50.6 Å². The van der Waals surface area contributed by atoms with E-state index in [2.05, 4.69) is 11.8 Å². The molecule has 1 amide bonds. The van der Waals surface area contributed by atoms with Crippen LogP contribution in [0.2, 0.25) is 0 Å². The fraction of sp³-hybridized carbons (Fsp3) is 0.462. The van der Waals surface area contributed by atoms with Gasteiger partial charge < -0.3 is 14.2 Å². The molecular formula is C26H33N3O4. The predicted octanol–water partition coefficient (Wildman–Crippen LogP) is 4.26. The molecule has 7 nitrogen and oxygen atoms in total. The number of carbonyl (C=O) groups excluding carboxylic acids is 1. The Morgan fingerprint density at radius 3 is 2.48 bits per heavy atom. The van der Waals surface area contributed by atoms with Gasteiger partial charge in [0.1, 0.15) is 5.75 Å². The number of likely N-dealkylation sites (tertiary alicyclic amines) is 1. The number of nitrogens with zero attached hydrogens (tertiary/aromatic N) is 3. The number of hydrogen-bond donors (Lipinski definition) is 0. The van der Waals surface area contributed by atoms with E-state index in [-0.39, 0.29) is 11.9 Å². The molecule has 2 unspecified atom stereocenters. The summed E-state index contributed by atoms with van der Waals surface area (Å²) in [6, 6.07) is 13.8. The van der Waals surface area contributed by atoms with E-state index in [4.69, 9.17) is 19.3 Å². The lowest BCUT2D eigenvalue weighted by atomic mass is 9.97. The Morgan fingerprint density at radius 2 is 1.76 bits per heavy atom. The third-order valence-electron chi connectivity index (χ3n) is 6.66. The van der Waals surface area contributed by atoms with Gasteiger partial charge in [0.05, 0.1) is 39.6 Å². The van der Waals surface area contributed by atoms with Crippen molar-refractivity contribution in [2.75, 3.05) is 34.4 Å². The smallest absolute Gasteiger partial charge is 0.257 e. The summed E-state index contributed by atoms with van der Waals surface area (Å²) < 4.78 is 16.5. The van der Waals surface area contributed by atoms with E-state index in [0.29, 0.717) is 30.5 Å². The molecule has 2 aliphatic heterocycles. The van der Waals surface area contributed by atoms with Crippen molar-refractivity contribution in [3.05, 3.63) is 53.6 Å². The molecule has 176 valence electrons. The highest BCUT2D eigenvalue weighted by atomic mass is 16.5. The molecule has 0 aliphatic carbocycles. The maximum atomic E-state index is 13.5. The molecule has 0 saturated carbocycles. The van der Waals surface area contributed by atoms with Crippen LogP contribution in [-0.4, -0.2) is 62.0 Å². The number of benzene rings is 2. The van der Waals surface area contributed by atoms with Gasteiger partial charge in [-0.3, -0.25) is 9.69 Å². The highest BCUT2D eigenvalue weighted by molar-refractivity contribution is 6.03. The van der Waals surface area contributed by atoms with Crippen molar-refractivity contribution in [3.63, 3.8) is 0 Å². The maximum Gasteiger partial charge on any atom is 0.257 e.